The highest BCUT2D eigenvalue weighted by molar-refractivity contribution is 5.69. The molecule has 0 unspecified atom stereocenters. The first kappa shape index (κ1) is 8.53. The minimum absolute atomic E-state index is 0.201. The van der Waals surface area contributed by atoms with Gasteiger partial charge in [0.2, 0.25) is 0 Å². The molecule has 0 aromatic carbocycles. The summed E-state index contributed by atoms with van der Waals surface area (Å²) >= 11 is 0. The van der Waals surface area contributed by atoms with Gasteiger partial charge in [0.15, 0.2) is 0 Å². The molecule has 64 valence electrons. The van der Waals surface area contributed by atoms with Crippen LogP contribution in [0.5, 0.6) is 0 Å². The minimum Gasteiger partial charge on any atom is -0.466 e. The van der Waals surface area contributed by atoms with Crippen LogP contribution < -0.4 is 0 Å². The van der Waals surface area contributed by atoms with Gasteiger partial charge in [0.1, 0.15) is 0 Å². The van der Waals surface area contributed by atoms with Crippen molar-refractivity contribution in [3.05, 3.63) is 0 Å². The number of carbonyl (C=O) groups is 1. The van der Waals surface area contributed by atoms with Crippen molar-refractivity contribution in [1.82, 2.24) is 0 Å². The van der Waals surface area contributed by atoms with Crippen LogP contribution in [0, 0.1) is 0 Å². The Kier molecular flexibility index (Phi) is 2.49. The van der Waals surface area contributed by atoms with Gasteiger partial charge >= 0.3 is 5.97 Å². The number of esters is 1. The van der Waals surface area contributed by atoms with Crippen LogP contribution in [0.2, 0.25) is 0 Å². The molecule has 0 bridgehead atoms. The van der Waals surface area contributed by atoms with E-state index in [0.29, 0.717) is 19.4 Å². The zero-order valence-corrected chi connectivity index (χ0v) is 6.80. The van der Waals surface area contributed by atoms with Crippen LogP contribution in [0.25, 0.3) is 0 Å². The van der Waals surface area contributed by atoms with Gasteiger partial charge in [0.25, 0.3) is 0 Å². The van der Waals surface area contributed by atoms with Crippen molar-refractivity contribution in [1.29, 1.82) is 0 Å². The second-order valence-electron chi connectivity index (χ2n) is 3.03. The molecule has 1 saturated carbocycles. The fraction of sp³-hybridized carbons (Fsp3) is 0.875. The van der Waals surface area contributed by atoms with E-state index in [2.05, 4.69) is 0 Å². The predicted octanol–water partition coefficient (Wildman–Crippen LogP) is 0.855. The second-order valence-corrected chi connectivity index (χ2v) is 3.03. The van der Waals surface area contributed by atoms with Gasteiger partial charge in [-0.05, 0) is 26.2 Å². The Bertz CT molecular complexity index is 149. The summed E-state index contributed by atoms with van der Waals surface area (Å²) in [6, 6.07) is 0. The van der Waals surface area contributed by atoms with Gasteiger partial charge in [0.05, 0.1) is 12.2 Å². The Morgan fingerprint density at radius 3 is 2.73 bits per heavy atom. The van der Waals surface area contributed by atoms with Crippen molar-refractivity contribution in [2.24, 2.45) is 0 Å². The van der Waals surface area contributed by atoms with E-state index in [1.165, 1.54) is 0 Å². The van der Waals surface area contributed by atoms with Crippen LogP contribution in [0.15, 0.2) is 0 Å². The number of ether oxygens (including phenoxy) is 1. The van der Waals surface area contributed by atoms with Crippen molar-refractivity contribution in [2.45, 2.75) is 38.2 Å². The van der Waals surface area contributed by atoms with Crippen LogP contribution in [-0.4, -0.2) is 23.3 Å². The third-order valence-electron chi connectivity index (χ3n) is 1.93. The van der Waals surface area contributed by atoms with Crippen LogP contribution in [-0.2, 0) is 9.53 Å². The summed E-state index contributed by atoms with van der Waals surface area (Å²) in [5.41, 5.74) is -0.521. The molecule has 11 heavy (non-hydrogen) atoms. The topological polar surface area (TPSA) is 46.5 Å². The number of rotatable bonds is 4. The summed E-state index contributed by atoms with van der Waals surface area (Å²) in [6.45, 7) is 2.21. The molecule has 0 atom stereocenters. The molecule has 1 aliphatic rings. The maximum atomic E-state index is 10.8. The second kappa shape index (κ2) is 3.22. The quantitative estimate of drug-likeness (QED) is 0.617. The summed E-state index contributed by atoms with van der Waals surface area (Å²) in [7, 11) is 0. The van der Waals surface area contributed by atoms with Gasteiger partial charge < -0.3 is 9.84 Å². The number of hydrogen-bond acceptors (Lipinski definition) is 3. The Morgan fingerprint density at radius 2 is 2.27 bits per heavy atom. The normalized spacial score (nSPS) is 19.5. The van der Waals surface area contributed by atoms with Gasteiger partial charge in [-0.3, -0.25) is 4.79 Å². The molecular weight excluding hydrogens is 144 g/mol. The predicted molar refractivity (Wildman–Crippen MR) is 40.1 cm³/mol. The molecule has 3 heteroatoms. The van der Waals surface area contributed by atoms with Gasteiger partial charge in [-0.2, -0.15) is 0 Å². The number of hydrogen-bond donors (Lipinski definition) is 1. The molecule has 1 N–H and O–H groups in total. The number of carbonyl (C=O) groups excluding carboxylic acids is 1. The highest BCUT2D eigenvalue weighted by atomic mass is 16.5. The average Bonchev–Trinajstić information content (AvgIpc) is 2.66. The Hall–Kier alpha value is -0.570. The van der Waals surface area contributed by atoms with Crippen molar-refractivity contribution < 1.29 is 14.6 Å². The molecule has 1 rings (SSSR count). The van der Waals surface area contributed by atoms with Gasteiger partial charge in [-0.1, -0.05) is 0 Å². The molecule has 0 saturated heterocycles. The molecule has 0 radical (unpaired) electrons. The van der Waals surface area contributed by atoms with Crippen molar-refractivity contribution >= 4 is 5.97 Å². The molecule has 0 spiro atoms. The summed E-state index contributed by atoms with van der Waals surface area (Å²) in [6.07, 6.45) is 2.59. The van der Waals surface area contributed by atoms with Crippen LogP contribution in [0.3, 0.4) is 0 Å². The lowest BCUT2D eigenvalue weighted by Crippen LogP contribution is -2.11. The maximum absolute atomic E-state index is 10.8. The molecule has 0 aliphatic heterocycles. The standard InChI is InChI=1S/C8H14O3/c1-2-11-7(9)3-4-8(10)5-6-8/h10H,2-6H2,1H3. The SMILES string of the molecule is CCOC(=O)CCC1(O)CC1. The van der Waals surface area contributed by atoms with E-state index >= 15 is 0 Å². The van der Waals surface area contributed by atoms with E-state index in [1.807, 2.05) is 0 Å². The van der Waals surface area contributed by atoms with Crippen LogP contribution >= 0.6 is 0 Å². The van der Waals surface area contributed by atoms with Crippen molar-refractivity contribution in [3.63, 3.8) is 0 Å². The molecular formula is C8H14O3. The molecule has 0 amide bonds. The highest BCUT2D eigenvalue weighted by Crippen LogP contribution is 2.39. The summed E-state index contributed by atoms with van der Waals surface area (Å²) < 4.78 is 4.72. The first-order chi connectivity index (χ1) is 5.16. The first-order valence-electron chi connectivity index (χ1n) is 4.04. The third kappa shape index (κ3) is 2.89. The van der Waals surface area contributed by atoms with E-state index in [4.69, 9.17) is 4.74 Å². The average molecular weight is 158 g/mol. The summed E-state index contributed by atoms with van der Waals surface area (Å²) in [5, 5.41) is 9.34. The number of aliphatic hydroxyl groups is 1. The zero-order valence-electron chi connectivity index (χ0n) is 6.80. The Labute approximate surface area is 66.4 Å². The van der Waals surface area contributed by atoms with Gasteiger partial charge in [-0.15, -0.1) is 0 Å². The van der Waals surface area contributed by atoms with Crippen molar-refractivity contribution in [2.75, 3.05) is 6.61 Å². The van der Waals surface area contributed by atoms with E-state index in [1.54, 1.807) is 6.92 Å². The maximum Gasteiger partial charge on any atom is 0.305 e. The lowest BCUT2D eigenvalue weighted by molar-refractivity contribution is -0.143. The Morgan fingerprint density at radius 1 is 1.64 bits per heavy atom. The van der Waals surface area contributed by atoms with E-state index in [9.17, 15) is 9.90 Å². The minimum atomic E-state index is -0.521. The molecule has 1 fully saturated rings. The lowest BCUT2D eigenvalue weighted by atomic mass is 10.2. The summed E-state index contributed by atoms with van der Waals surface area (Å²) in [4.78, 5) is 10.8. The Balaban J connectivity index is 2.06. The summed E-state index contributed by atoms with van der Waals surface area (Å²) in [5.74, 6) is -0.201. The molecule has 1 aliphatic carbocycles. The molecule has 3 nitrogen and oxygen atoms in total. The molecule has 0 aromatic heterocycles. The smallest absolute Gasteiger partial charge is 0.305 e. The largest absolute Gasteiger partial charge is 0.466 e. The van der Waals surface area contributed by atoms with Crippen LogP contribution in [0.4, 0.5) is 0 Å². The van der Waals surface area contributed by atoms with Gasteiger partial charge in [0, 0.05) is 6.42 Å². The third-order valence-corrected chi connectivity index (χ3v) is 1.93. The zero-order chi connectivity index (χ0) is 8.32. The molecule has 0 heterocycles. The van der Waals surface area contributed by atoms with Gasteiger partial charge in [-0.25, -0.2) is 0 Å². The fourth-order valence-electron chi connectivity index (χ4n) is 0.962. The van der Waals surface area contributed by atoms with E-state index < -0.39 is 5.60 Å². The van der Waals surface area contributed by atoms with E-state index in [-0.39, 0.29) is 5.97 Å². The van der Waals surface area contributed by atoms with Crippen LogP contribution in [0.1, 0.15) is 32.6 Å². The molecule has 0 aromatic rings. The first-order valence-corrected chi connectivity index (χ1v) is 4.04. The van der Waals surface area contributed by atoms with Crippen molar-refractivity contribution in [3.8, 4) is 0 Å². The monoisotopic (exact) mass is 158 g/mol. The fourth-order valence-corrected chi connectivity index (χ4v) is 0.962. The van der Waals surface area contributed by atoms with E-state index in [0.717, 1.165) is 12.8 Å². The lowest BCUT2D eigenvalue weighted by Gasteiger charge is -2.05. The highest BCUT2D eigenvalue weighted by Gasteiger charge is 2.40.